The van der Waals surface area contributed by atoms with Crippen molar-refractivity contribution < 1.29 is 47.6 Å². The van der Waals surface area contributed by atoms with Crippen LogP contribution in [0.3, 0.4) is 0 Å². The normalized spacial score (nSPS) is 24.8. The maximum atomic E-state index is 12.9. The van der Waals surface area contributed by atoms with Gasteiger partial charge in [0.2, 0.25) is 0 Å². The molecule has 3 rings (SSSR count). The summed E-state index contributed by atoms with van der Waals surface area (Å²) >= 11 is 0. The Bertz CT molecular complexity index is 1220. The zero-order chi connectivity index (χ0) is 25.3. The summed E-state index contributed by atoms with van der Waals surface area (Å²) in [5.74, 6) is 0. The molecule has 5 N–H and O–H groups in total. The van der Waals surface area contributed by atoms with E-state index in [1.165, 1.54) is 0 Å². The van der Waals surface area contributed by atoms with Gasteiger partial charge in [-0.1, -0.05) is 29.8 Å². The molecule has 0 aliphatic carbocycles. The van der Waals surface area contributed by atoms with Gasteiger partial charge < -0.3 is 29.6 Å². The first-order valence-electron chi connectivity index (χ1n) is 9.91. The van der Waals surface area contributed by atoms with E-state index >= 15 is 0 Å². The molecule has 1 aliphatic heterocycles. The van der Waals surface area contributed by atoms with E-state index in [1.54, 1.807) is 0 Å². The SMILES string of the molecule is Cc1ccc(CCn2c(=O)ccn([C@@H]3O[C@H](COP(=O)(O)OP(=O)(O)O)C(O)C3O)c2=O)cc1. The van der Waals surface area contributed by atoms with Gasteiger partial charge in [-0.25, -0.2) is 13.9 Å². The van der Waals surface area contributed by atoms with Crippen LogP contribution in [-0.4, -0.2) is 58.9 Å². The molecule has 14 nitrogen and oxygen atoms in total. The summed E-state index contributed by atoms with van der Waals surface area (Å²) < 4.78 is 37.6. The van der Waals surface area contributed by atoms with Crippen molar-refractivity contribution >= 4 is 15.6 Å². The average molecular weight is 522 g/mol. The molecule has 1 fully saturated rings. The molecule has 0 bridgehead atoms. The Morgan fingerprint density at radius 3 is 2.29 bits per heavy atom. The van der Waals surface area contributed by atoms with Gasteiger partial charge in [0.25, 0.3) is 5.56 Å². The molecule has 2 aromatic rings. The lowest BCUT2D eigenvalue weighted by Gasteiger charge is -2.19. The minimum absolute atomic E-state index is 0.0346. The fourth-order valence-electron chi connectivity index (χ4n) is 3.35. The van der Waals surface area contributed by atoms with Crippen LogP contribution in [0.25, 0.3) is 0 Å². The number of phosphoric acid groups is 2. The van der Waals surface area contributed by atoms with Crippen LogP contribution >= 0.6 is 15.6 Å². The number of rotatable bonds is 9. The van der Waals surface area contributed by atoms with Crippen LogP contribution in [0, 0.1) is 6.92 Å². The minimum Gasteiger partial charge on any atom is -0.387 e. The van der Waals surface area contributed by atoms with Crippen LogP contribution in [0.2, 0.25) is 0 Å². The highest BCUT2D eigenvalue weighted by Crippen LogP contribution is 2.57. The number of hydrogen-bond acceptors (Lipinski definition) is 9. The summed E-state index contributed by atoms with van der Waals surface area (Å²) in [5.41, 5.74) is 0.536. The van der Waals surface area contributed by atoms with Gasteiger partial charge in [0.1, 0.15) is 18.3 Å². The van der Waals surface area contributed by atoms with Crippen molar-refractivity contribution in [3.05, 3.63) is 68.5 Å². The van der Waals surface area contributed by atoms with Crippen molar-refractivity contribution in [2.75, 3.05) is 6.61 Å². The highest BCUT2D eigenvalue weighted by molar-refractivity contribution is 7.60. The Morgan fingerprint density at radius 1 is 1.03 bits per heavy atom. The summed E-state index contributed by atoms with van der Waals surface area (Å²) in [6.45, 7) is 1.05. The number of phosphoric ester groups is 1. The van der Waals surface area contributed by atoms with Gasteiger partial charge in [-0.05, 0) is 18.9 Å². The molecule has 1 saturated heterocycles. The fourth-order valence-corrected chi connectivity index (χ4v) is 4.95. The second-order valence-electron chi connectivity index (χ2n) is 7.61. The summed E-state index contributed by atoms with van der Waals surface area (Å²) in [7, 11) is -10.6. The lowest BCUT2D eigenvalue weighted by molar-refractivity contribution is -0.0548. The minimum atomic E-state index is -5.35. The molecule has 188 valence electrons. The number of hydrogen-bond donors (Lipinski definition) is 5. The van der Waals surface area contributed by atoms with Crippen LogP contribution in [-0.2, 0) is 35.7 Å². The molecule has 1 aliphatic rings. The maximum Gasteiger partial charge on any atom is 0.481 e. The smallest absolute Gasteiger partial charge is 0.387 e. The van der Waals surface area contributed by atoms with Crippen molar-refractivity contribution in [1.82, 2.24) is 9.13 Å². The van der Waals surface area contributed by atoms with E-state index in [1.807, 2.05) is 31.2 Å². The van der Waals surface area contributed by atoms with Crippen LogP contribution < -0.4 is 11.2 Å². The number of benzene rings is 1. The Balaban J connectivity index is 1.75. The van der Waals surface area contributed by atoms with Crippen LogP contribution in [0.4, 0.5) is 0 Å². The molecule has 5 atom stereocenters. The van der Waals surface area contributed by atoms with E-state index in [0.29, 0.717) is 6.42 Å². The predicted octanol–water partition coefficient (Wildman–Crippen LogP) is -0.593. The van der Waals surface area contributed by atoms with Gasteiger partial charge in [0.15, 0.2) is 6.23 Å². The van der Waals surface area contributed by atoms with E-state index in [2.05, 4.69) is 8.83 Å². The van der Waals surface area contributed by atoms with Crippen molar-refractivity contribution in [2.24, 2.45) is 0 Å². The Kier molecular flexibility index (Phi) is 8.10. The molecule has 0 spiro atoms. The van der Waals surface area contributed by atoms with Crippen LogP contribution in [0.1, 0.15) is 17.4 Å². The van der Waals surface area contributed by atoms with Gasteiger partial charge in [-0.3, -0.25) is 18.5 Å². The summed E-state index contributed by atoms with van der Waals surface area (Å²) in [5, 5.41) is 20.6. The lowest BCUT2D eigenvalue weighted by Crippen LogP contribution is -2.43. The number of aromatic nitrogens is 2. The molecule has 1 aromatic carbocycles. The van der Waals surface area contributed by atoms with Gasteiger partial charge in [-0.2, -0.15) is 4.31 Å². The molecule has 0 amide bonds. The van der Waals surface area contributed by atoms with Crippen molar-refractivity contribution in [3.8, 4) is 0 Å². The van der Waals surface area contributed by atoms with Crippen LogP contribution in [0.15, 0.2) is 46.1 Å². The van der Waals surface area contributed by atoms with Gasteiger partial charge in [0.05, 0.1) is 6.61 Å². The second-order valence-corrected chi connectivity index (χ2v) is 10.4. The average Bonchev–Trinajstić information content (AvgIpc) is 3.00. The zero-order valence-electron chi connectivity index (χ0n) is 17.8. The maximum absolute atomic E-state index is 12.9. The number of ether oxygens (including phenoxy) is 1. The third-order valence-corrected chi connectivity index (χ3v) is 7.21. The van der Waals surface area contributed by atoms with Crippen LogP contribution in [0.5, 0.6) is 0 Å². The van der Waals surface area contributed by atoms with Gasteiger partial charge >= 0.3 is 21.3 Å². The quantitative estimate of drug-likeness (QED) is 0.262. The molecule has 0 radical (unpaired) electrons. The lowest BCUT2D eigenvalue weighted by atomic mass is 10.1. The van der Waals surface area contributed by atoms with Gasteiger partial charge in [-0.15, -0.1) is 0 Å². The fraction of sp³-hybridized carbons (Fsp3) is 0.444. The molecule has 3 unspecified atom stereocenters. The summed E-state index contributed by atoms with van der Waals surface area (Å²) in [4.78, 5) is 51.8. The number of aliphatic hydroxyl groups excluding tert-OH is 2. The van der Waals surface area contributed by atoms with Crippen molar-refractivity contribution in [3.63, 3.8) is 0 Å². The molecule has 2 heterocycles. The second kappa shape index (κ2) is 10.3. The Labute approximate surface area is 192 Å². The third kappa shape index (κ3) is 6.58. The largest absolute Gasteiger partial charge is 0.481 e. The molecular weight excluding hydrogens is 498 g/mol. The number of aliphatic hydroxyl groups is 2. The standard InChI is InChI=1S/C18H24N2O12P2/c1-11-2-4-12(5-3-11)6-8-19-14(21)7-9-20(18(19)24)17-16(23)15(22)13(31-17)10-30-34(28,29)32-33(25,26)27/h2-5,7,9,13,15-17,22-23H,6,8,10H2,1H3,(H,28,29)(H2,25,26,27)/t13-,15?,16?,17-/m1/s1. The highest BCUT2D eigenvalue weighted by atomic mass is 31.3. The molecule has 0 saturated carbocycles. The molecular formula is C18H24N2O12P2. The summed E-state index contributed by atoms with van der Waals surface area (Å²) in [6, 6.07) is 8.60. The van der Waals surface area contributed by atoms with E-state index in [0.717, 1.165) is 32.5 Å². The van der Waals surface area contributed by atoms with Crippen molar-refractivity contribution in [2.45, 2.75) is 44.4 Å². The summed E-state index contributed by atoms with van der Waals surface area (Å²) in [6.07, 6.45) is -4.92. The van der Waals surface area contributed by atoms with Gasteiger partial charge in [0, 0.05) is 18.8 Å². The molecule has 16 heteroatoms. The Morgan fingerprint density at radius 2 is 1.68 bits per heavy atom. The number of aryl methyl sites for hydroxylation is 2. The van der Waals surface area contributed by atoms with E-state index in [-0.39, 0.29) is 6.54 Å². The first-order chi connectivity index (χ1) is 15.8. The predicted molar refractivity (Wildman–Crippen MR) is 115 cm³/mol. The van der Waals surface area contributed by atoms with E-state index in [4.69, 9.17) is 14.5 Å². The topological polar surface area (TPSA) is 207 Å². The highest BCUT2D eigenvalue weighted by Gasteiger charge is 2.45. The zero-order valence-corrected chi connectivity index (χ0v) is 19.6. The first-order valence-corrected chi connectivity index (χ1v) is 12.9. The number of nitrogens with zero attached hydrogens (tertiary/aromatic N) is 2. The third-order valence-electron chi connectivity index (χ3n) is 5.06. The van der Waals surface area contributed by atoms with Crippen molar-refractivity contribution in [1.29, 1.82) is 0 Å². The van der Waals surface area contributed by atoms with E-state index in [9.17, 15) is 33.8 Å². The molecule has 1 aromatic heterocycles. The van der Waals surface area contributed by atoms with E-state index < -0.39 is 58.0 Å². The molecule has 34 heavy (non-hydrogen) atoms. The Hall–Kier alpha value is -1.96. The first kappa shape index (κ1) is 26.6. The monoisotopic (exact) mass is 522 g/mol.